The zero-order valence-electron chi connectivity index (χ0n) is 10.2. The fourth-order valence-electron chi connectivity index (χ4n) is 2.45. The van der Waals surface area contributed by atoms with Crippen LogP contribution in [0.2, 0.25) is 0 Å². The van der Waals surface area contributed by atoms with Gasteiger partial charge in [0.05, 0.1) is 0 Å². The van der Waals surface area contributed by atoms with Gasteiger partial charge in [-0.15, -0.1) is 0 Å². The maximum atomic E-state index is 10.3. The second-order valence-electron chi connectivity index (χ2n) is 4.82. The lowest BCUT2D eigenvalue weighted by molar-refractivity contribution is -0.137. The molecule has 0 bridgehead atoms. The van der Waals surface area contributed by atoms with Gasteiger partial charge in [0.25, 0.3) is 0 Å². The minimum atomic E-state index is -0.724. The molecule has 3 nitrogen and oxygen atoms in total. The number of allylic oxidation sites excluding steroid dienone is 1. The zero-order valence-corrected chi connectivity index (χ0v) is 10.2. The van der Waals surface area contributed by atoms with E-state index in [0.29, 0.717) is 18.3 Å². The molecule has 0 aromatic carbocycles. The SMILES string of the molecule is C=C(NCCCC(=O)O)C1CCCCC1C. The van der Waals surface area contributed by atoms with Crippen molar-refractivity contribution in [1.29, 1.82) is 0 Å². The second-order valence-corrected chi connectivity index (χ2v) is 4.82. The molecule has 0 spiro atoms. The quantitative estimate of drug-likeness (QED) is 0.683. The van der Waals surface area contributed by atoms with Crippen molar-refractivity contribution in [2.45, 2.75) is 45.4 Å². The predicted octanol–water partition coefficient (Wildman–Crippen LogP) is 2.78. The molecule has 0 aliphatic heterocycles. The van der Waals surface area contributed by atoms with Gasteiger partial charge in [0.2, 0.25) is 0 Å². The van der Waals surface area contributed by atoms with Crippen molar-refractivity contribution < 1.29 is 9.90 Å². The highest BCUT2D eigenvalue weighted by atomic mass is 16.4. The first-order valence-electron chi connectivity index (χ1n) is 6.25. The Kier molecular flexibility index (Phi) is 5.36. The number of nitrogens with one attached hydrogen (secondary N) is 1. The van der Waals surface area contributed by atoms with Gasteiger partial charge in [-0.05, 0) is 18.8 Å². The van der Waals surface area contributed by atoms with Crippen LogP contribution < -0.4 is 5.32 Å². The summed E-state index contributed by atoms with van der Waals surface area (Å²) in [5, 5.41) is 11.8. The van der Waals surface area contributed by atoms with Gasteiger partial charge in [-0.2, -0.15) is 0 Å². The van der Waals surface area contributed by atoms with Gasteiger partial charge >= 0.3 is 5.97 Å². The first-order valence-corrected chi connectivity index (χ1v) is 6.25. The van der Waals surface area contributed by atoms with Crippen LogP contribution in [-0.2, 0) is 4.79 Å². The smallest absolute Gasteiger partial charge is 0.303 e. The Balaban J connectivity index is 2.20. The zero-order chi connectivity index (χ0) is 12.0. The number of aliphatic carboxylic acids is 1. The van der Waals surface area contributed by atoms with E-state index in [9.17, 15) is 4.79 Å². The Morgan fingerprint density at radius 3 is 2.75 bits per heavy atom. The number of carboxylic acid groups (broad SMARTS) is 1. The molecule has 1 rings (SSSR count). The monoisotopic (exact) mass is 225 g/mol. The van der Waals surface area contributed by atoms with E-state index in [1.165, 1.54) is 25.7 Å². The molecular formula is C13H23NO2. The molecule has 1 saturated carbocycles. The molecule has 0 saturated heterocycles. The molecule has 0 aromatic rings. The van der Waals surface area contributed by atoms with Crippen molar-refractivity contribution in [3.05, 3.63) is 12.3 Å². The average molecular weight is 225 g/mol. The minimum Gasteiger partial charge on any atom is -0.481 e. The third-order valence-corrected chi connectivity index (χ3v) is 3.48. The Labute approximate surface area is 97.9 Å². The van der Waals surface area contributed by atoms with Crippen LogP contribution in [0, 0.1) is 11.8 Å². The number of hydrogen-bond donors (Lipinski definition) is 2. The molecule has 2 N–H and O–H groups in total. The van der Waals surface area contributed by atoms with E-state index in [1.807, 2.05) is 0 Å². The lowest BCUT2D eigenvalue weighted by atomic mass is 9.79. The van der Waals surface area contributed by atoms with E-state index in [0.717, 1.165) is 12.2 Å². The van der Waals surface area contributed by atoms with Crippen molar-refractivity contribution in [2.75, 3.05) is 6.54 Å². The van der Waals surface area contributed by atoms with Crippen molar-refractivity contribution in [3.8, 4) is 0 Å². The van der Waals surface area contributed by atoms with E-state index >= 15 is 0 Å². The molecule has 2 atom stereocenters. The van der Waals surface area contributed by atoms with Crippen molar-refractivity contribution in [3.63, 3.8) is 0 Å². The van der Waals surface area contributed by atoms with Crippen molar-refractivity contribution in [2.24, 2.45) is 11.8 Å². The van der Waals surface area contributed by atoms with E-state index < -0.39 is 5.97 Å². The highest BCUT2D eigenvalue weighted by Crippen LogP contribution is 2.32. The summed E-state index contributed by atoms with van der Waals surface area (Å²) in [5.74, 6) is 0.574. The van der Waals surface area contributed by atoms with Crippen LogP contribution in [-0.4, -0.2) is 17.6 Å². The topological polar surface area (TPSA) is 49.3 Å². The summed E-state index contributed by atoms with van der Waals surface area (Å²) in [6, 6.07) is 0. The summed E-state index contributed by atoms with van der Waals surface area (Å²) in [5.41, 5.74) is 1.11. The maximum Gasteiger partial charge on any atom is 0.303 e. The second kappa shape index (κ2) is 6.56. The van der Waals surface area contributed by atoms with Crippen molar-refractivity contribution in [1.82, 2.24) is 5.32 Å². The van der Waals surface area contributed by atoms with Crippen LogP contribution >= 0.6 is 0 Å². The molecule has 0 heterocycles. The van der Waals surface area contributed by atoms with Crippen LogP contribution in [0.4, 0.5) is 0 Å². The molecule has 0 aromatic heterocycles. The summed E-state index contributed by atoms with van der Waals surface area (Å²) in [7, 11) is 0. The number of hydrogen-bond acceptors (Lipinski definition) is 2. The van der Waals surface area contributed by atoms with E-state index in [4.69, 9.17) is 5.11 Å². The lowest BCUT2D eigenvalue weighted by Gasteiger charge is -2.30. The third-order valence-electron chi connectivity index (χ3n) is 3.48. The Bertz CT molecular complexity index is 250. The summed E-state index contributed by atoms with van der Waals surface area (Å²) < 4.78 is 0. The third kappa shape index (κ3) is 4.25. The number of carboxylic acids is 1. The van der Waals surface area contributed by atoms with Crippen LogP contribution in [0.15, 0.2) is 12.3 Å². The molecule has 0 radical (unpaired) electrons. The fraction of sp³-hybridized carbons (Fsp3) is 0.769. The standard InChI is InChI=1S/C13H23NO2/c1-10-6-3-4-7-12(10)11(2)14-9-5-8-13(15)16/h10,12,14H,2-9H2,1H3,(H,15,16). The van der Waals surface area contributed by atoms with Gasteiger partial charge in [-0.3, -0.25) is 4.79 Å². The van der Waals surface area contributed by atoms with Crippen molar-refractivity contribution >= 4 is 5.97 Å². The molecule has 3 heteroatoms. The first-order chi connectivity index (χ1) is 7.61. The summed E-state index contributed by atoms with van der Waals surface area (Å²) in [6.45, 7) is 7.10. The number of rotatable bonds is 6. The van der Waals surface area contributed by atoms with Crippen LogP contribution in [0.5, 0.6) is 0 Å². The van der Waals surface area contributed by atoms with Gasteiger partial charge in [-0.25, -0.2) is 0 Å². The van der Waals surface area contributed by atoms with Gasteiger partial charge in [0.15, 0.2) is 0 Å². The van der Waals surface area contributed by atoms with Crippen LogP contribution in [0.25, 0.3) is 0 Å². The van der Waals surface area contributed by atoms with Crippen LogP contribution in [0.1, 0.15) is 45.4 Å². The summed E-state index contributed by atoms with van der Waals surface area (Å²) >= 11 is 0. The number of carbonyl (C=O) groups is 1. The average Bonchev–Trinajstić information content (AvgIpc) is 2.24. The van der Waals surface area contributed by atoms with E-state index in [2.05, 4.69) is 18.8 Å². The molecule has 92 valence electrons. The normalized spacial score (nSPS) is 25.1. The van der Waals surface area contributed by atoms with E-state index in [-0.39, 0.29) is 6.42 Å². The lowest BCUT2D eigenvalue weighted by Crippen LogP contribution is -2.27. The van der Waals surface area contributed by atoms with E-state index in [1.54, 1.807) is 0 Å². The molecule has 2 unspecified atom stereocenters. The predicted molar refractivity (Wildman–Crippen MR) is 65.1 cm³/mol. The summed E-state index contributed by atoms with van der Waals surface area (Å²) in [4.78, 5) is 10.3. The Hall–Kier alpha value is -0.990. The molecule has 1 fully saturated rings. The highest BCUT2D eigenvalue weighted by Gasteiger charge is 2.23. The fourth-order valence-corrected chi connectivity index (χ4v) is 2.45. The summed E-state index contributed by atoms with van der Waals surface area (Å²) in [6.07, 6.45) is 6.07. The molecule has 1 aliphatic carbocycles. The molecule has 1 aliphatic rings. The first kappa shape index (κ1) is 13.1. The minimum absolute atomic E-state index is 0.237. The maximum absolute atomic E-state index is 10.3. The van der Waals surface area contributed by atoms with Gasteiger partial charge in [-0.1, -0.05) is 32.8 Å². The van der Waals surface area contributed by atoms with Crippen LogP contribution in [0.3, 0.4) is 0 Å². The van der Waals surface area contributed by atoms with Gasteiger partial charge in [0, 0.05) is 24.6 Å². The molecule has 0 amide bonds. The molecule has 16 heavy (non-hydrogen) atoms. The molecular weight excluding hydrogens is 202 g/mol. The highest BCUT2D eigenvalue weighted by molar-refractivity contribution is 5.66. The van der Waals surface area contributed by atoms with Gasteiger partial charge in [0.1, 0.15) is 0 Å². The largest absolute Gasteiger partial charge is 0.481 e. The van der Waals surface area contributed by atoms with Gasteiger partial charge < -0.3 is 10.4 Å². The Morgan fingerprint density at radius 1 is 1.44 bits per heavy atom. The Morgan fingerprint density at radius 2 is 2.12 bits per heavy atom.